The zero-order chi connectivity index (χ0) is 41.4. The van der Waals surface area contributed by atoms with Crippen LogP contribution in [0.25, 0.3) is 122 Å². The number of aromatic nitrogens is 5. The van der Waals surface area contributed by atoms with Gasteiger partial charge in [0.25, 0.3) is 0 Å². The summed E-state index contributed by atoms with van der Waals surface area (Å²) >= 11 is 0. The van der Waals surface area contributed by atoms with Gasteiger partial charge in [0.1, 0.15) is 11.2 Å². The molecule has 0 amide bonds. The second-order valence-corrected chi connectivity index (χ2v) is 16.0. The Morgan fingerprint density at radius 3 is 1.24 bits per heavy atom. The summed E-state index contributed by atoms with van der Waals surface area (Å²) in [6, 6.07) is 74.3. The highest BCUT2D eigenvalue weighted by atomic mass is 16.3. The van der Waals surface area contributed by atoms with Crippen LogP contribution in [0.1, 0.15) is 0 Å². The molecule has 0 bridgehead atoms. The summed E-state index contributed by atoms with van der Waals surface area (Å²) in [6.45, 7) is 0. The third kappa shape index (κ3) is 5.55. The summed E-state index contributed by atoms with van der Waals surface area (Å²) in [5, 5.41) is 6.69. The lowest BCUT2D eigenvalue weighted by atomic mass is 10.1. The van der Waals surface area contributed by atoms with Crippen molar-refractivity contribution in [2.45, 2.75) is 0 Å². The molecule has 6 nitrogen and oxygen atoms in total. The second-order valence-electron chi connectivity index (χ2n) is 16.0. The fraction of sp³-hybridized carbons (Fsp3) is 0. The Balaban J connectivity index is 0.976. The Hall–Kier alpha value is -8.61. The molecular weight excluding hydrogens is 771 g/mol. The van der Waals surface area contributed by atoms with Crippen LogP contribution >= 0.6 is 0 Å². The summed E-state index contributed by atoms with van der Waals surface area (Å²) in [4.78, 5) is 14.8. The molecule has 0 fully saturated rings. The van der Waals surface area contributed by atoms with Gasteiger partial charge in [-0.15, -0.1) is 0 Å². The molecule has 6 heteroatoms. The molecule has 9 aromatic carbocycles. The van der Waals surface area contributed by atoms with Crippen molar-refractivity contribution in [3.63, 3.8) is 0 Å². The van der Waals surface area contributed by atoms with Gasteiger partial charge in [-0.25, -0.2) is 15.0 Å². The minimum Gasteiger partial charge on any atom is -0.455 e. The summed E-state index contributed by atoms with van der Waals surface area (Å²) in [5.74, 6) is 1.90. The molecule has 0 aliphatic heterocycles. The van der Waals surface area contributed by atoms with E-state index >= 15 is 0 Å². The fourth-order valence-electron chi connectivity index (χ4n) is 9.50. The molecule has 13 rings (SSSR count). The number of para-hydroxylation sites is 2. The average Bonchev–Trinajstić information content (AvgIpc) is 4.02. The highest BCUT2D eigenvalue weighted by molar-refractivity contribution is 6.29. The summed E-state index contributed by atoms with van der Waals surface area (Å²) in [6.07, 6.45) is 0. The second kappa shape index (κ2) is 14.0. The van der Waals surface area contributed by atoms with Gasteiger partial charge in [-0.05, 0) is 83.9 Å². The third-order valence-corrected chi connectivity index (χ3v) is 12.4. The van der Waals surface area contributed by atoms with Crippen LogP contribution < -0.4 is 0 Å². The van der Waals surface area contributed by atoms with E-state index in [1.807, 2.05) is 60.7 Å². The molecule has 4 aromatic heterocycles. The maximum Gasteiger partial charge on any atom is 0.164 e. The Morgan fingerprint density at radius 2 is 0.714 bits per heavy atom. The van der Waals surface area contributed by atoms with Crippen LogP contribution in [0, 0.1) is 0 Å². The lowest BCUT2D eigenvalue weighted by Crippen LogP contribution is -2.00. The van der Waals surface area contributed by atoms with E-state index in [2.05, 4.69) is 161 Å². The summed E-state index contributed by atoms with van der Waals surface area (Å²) in [5.41, 5.74) is 13.5. The first-order valence-corrected chi connectivity index (χ1v) is 21.2. The molecule has 294 valence electrons. The minimum atomic E-state index is 0.622. The molecule has 0 saturated heterocycles. The molecule has 63 heavy (non-hydrogen) atoms. The molecule has 0 aliphatic rings. The van der Waals surface area contributed by atoms with Crippen LogP contribution in [0.5, 0.6) is 0 Å². The number of hydrogen-bond acceptors (Lipinski definition) is 4. The van der Waals surface area contributed by atoms with Crippen LogP contribution in [-0.4, -0.2) is 24.1 Å². The van der Waals surface area contributed by atoms with Crippen molar-refractivity contribution in [2.24, 2.45) is 0 Å². The topological polar surface area (TPSA) is 61.7 Å². The zero-order valence-electron chi connectivity index (χ0n) is 33.9. The number of nitrogens with zero attached hydrogens (tertiary/aromatic N) is 5. The van der Waals surface area contributed by atoms with Gasteiger partial charge in [-0.3, -0.25) is 0 Å². The van der Waals surface area contributed by atoms with Crippen molar-refractivity contribution >= 4 is 65.6 Å². The fourth-order valence-corrected chi connectivity index (χ4v) is 9.50. The Morgan fingerprint density at radius 1 is 0.286 bits per heavy atom. The van der Waals surface area contributed by atoms with E-state index in [0.29, 0.717) is 17.5 Å². The maximum atomic E-state index is 7.21. The van der Waals surface area contributed by atoms with Crippen LogP contribution in [0.2, 0.25) is 0 Å². The summed E-state index contributed by atoms with van der Waals surface area (Å²) < 4.78 is 11.9. The quantitative estimate of drug-likeness (QED) is 0.168. The Labute approximate surface area is 361 Å². The number of hydrogen-bond donors (Lipinski definition) is 0. The van der Waals surface area contributed by atoms with Gasteiger partial charge < -0.3 is 13.6 Å². The van der Waals surface area contributed by atoms with Gasteiger partial charge >= 0.3 is 0 Å². The van der Waals surface area contributed by atoms with Gasteiger partial charge in [0, 0.05) is 49.6 Å². The Kier molecular flexibility index (Phi) is 7.80. The van der Waals surface area contributed by atoms with Crippen molar-refractivity contribution in [3.05, 3.63) is 212 Å². The molecule has 0 spiro atoms. The molecule has 0 radical (unpaired) electrons. The van der Waals surface area contributed by atoms with E-state index in [9.17, 15) is 0 Å². The molecule has 0 aliphatic carbocycles. The van der Waals surface area contributed by atoms with E-state index in [-0.39, 0.29) is 0 Å². The largest absolute Gasteiger partial charge is 0.455 e. The van der Waals surface area contributed by atoms with Crippen LogP contribution in [0.15, 0.2) is 217 Å². The lowest BCUT2D eigenvalue weighted by molar-refractivity contribution is 0.677. The first-order chi connectivity index (χ1) is 31.2. The number of furan rings is 1. The van der Waals surface area contributed by atoms with Crippen LogP contribution in [-0.2, 0) is 0 Å². The molecule has 4 heterocycles. The predicted molar refractivity (Wildman–Crippen MR) is 258 cm³/mol. The minimum absolute atomic E-state index is 0.622. The molecule has 0 unspecified atom stereocenters. The summed E-state index contributed by atoms with van der Waals surface area (Å²) in [7, 11) is 0. The van der Waals surface area contributed by atoms with E-state index in [1.54, 1.807) is 0 Å². The van der Waals surface area contributed by atoms with Crippen LogP contribution in [0.4, 0.5) is 0 Å². The van der Waals surface area contributed by atoms with Gasteiger partial charge in [0.05, 0.1) is 32.8 Å². The normalized spacial score (nSPS) is 11.8. The van der Waals surface area contributed by atoms with Crippen molar-refractivity contribution in [2.75, 3.05) is 0 Å². The number of benzene rings is 9. The predicted octanol–water partition coefficient (Wildman–Crippen LogP) is 14.6. The maximum absolute atomic E-state index is 7.21. The van der Waals surface area contributed by atoms with E-state index in [0.717, 1.165) is 93.6 Å². The van der Waals surface area contributed by atoms with Crippen LogP contribution in [0.3, 0.4) is 0 Å². The van der Waals surface area contributed by atoms with Gasteiger partial charge in [0.2, 0.25) is 0 Å². The highest BCUT2D eigenvalue weighted by Gasteiger charge is 2.23. The van der Waals surface area contributed by atoms with Gasteiger partial charge in [-0.2, -0.15) is 0 Å². The van der Waals surface area contributed by atoms with Gasteiger partial charge in [0.15, 0.2) is 17.5 Å². The zero-order valence-corrected chi connectivity index (χ0v) is 33.9. The molecular formula is C57H35N5O. The van der Waals surface area contributed by atoms with Crippen molar-refractivity contribution in [3.8, 4) is 56.7 Å². The number of rotatable bonds is 6. The standard InChI is InChI=1S/C57H35N5O/c1-4-15-36(16-5-1)40-21-14-22-42(35-40)62-48-26-13-11-24-46(48)52-50(62)34-32-44-43-31-33-49-51(53(43)63-54(44)52)45-23-10-12-25-47(45)61(49)41-29-27-39(28-30-41)57-59-55(37-17-6-2-7-18-37)58-56(60-57)38-19-8-3-9-20-38/h1-35H. The van der Waals surface area contributed by atoms with E-state index in [1.165, 1.54) is 11.1 Å². The monoisotopic (exact) mass is 805 g/mol. The lowest BCUT2D eigenvalue weighted by Gasteiger charge is -2.10. The third-order valence-electron chi connectivity index (χ3n) is 12.4. The smallest absolute Gasteiger partial charge is 0.164 e. The first kappa shape index (κ1) is 35.2. The SMILES string of the molecule is c1ccc(-c2cccc(-n3c4ccccc4c4c5oc6c(ccc7c6c6ccccc6n7-c6ccc(-c7nc(-c8ccccc8)nc(-c8ccccc8)n7)cc6)c5ccc43)c2)cc1. The highest BCUT2D eigenvalue weighted by Crippen LogP contribution is 2.45. The average molecular weight is 806 g/mol. The molecule has 13 aromatic rings. The first-order valence-electron chi connectivity index (χ1n) is 21.2. The molecule has 0 atom stereocenters. The molecule has 0 saturated carbocycles. The van der Waals surface area contributed by atoms with Crippen molar-refractivity contribution < 1.29 is 4.42 Å². The Bertz CT molecular complexity index is 3830. The van der Waals surface area contributed by atoms with E-state index < -0.39 is 0 Å². The van der Waals surface area contributed by atoms with E-state index in [4.69, 9.17) is 19.4 Å². The van der Waals surface area contributed by atoms with Crippen molar-refractivity contribution in [1.29, 1.82) is 0 Å². The van der Waals surface area contributed by atoms with Crippen molar-refractivity contribution in [1.82, 2.24) is 24.1 Å². The van der Waals surface area contributed by atoms with Gasteiger partial charge in [-0.1, -0.05) is 140 Å². The molecule has 0 N–H and O–H groups in total. The number of fused-ring (bicyclic) bond motifs is 11.